The van der Waals surface area contributed by atoms with Crippen molar-refractivity contribution < 1.29 is 4.39 Å². The topological polar surface area (TPSA) is 12.0 Å². The van der Waals surface area contributed by atoms with Gasteiger partial charge in [-0.05, 0) is 53.9 Å². The molecule has 0 aliphatic rings. The number of halogens is 1. The molecule has 2 rings (SSSR count). The first kappa shape index (κ1) is 16.1. The highest BCUT2D eigenvalue weighted by molar-refractivity contribution is 7.99. The number of rotatable bonds is 6. The SMILES string of the molecule is CCNCc1cc(F)cc(Sc2ccc(C(C)C)cc2)c1. The first-order valence-electron chi connectivity index (χ1n) is 7.36. The molecule has 0 aliphatic heterocycles. The molecule has 0 spiro atoms. The summed E-state index contributed by atoms with van der Waals surface area (Å²) >= 11 is 1.60. The lowest BCUT2D eigenvalue weighted by molar-refractivity contribution is 0.617. The highest BCUT2D eigenvalue weighted by Gasteiger charge is 2.04. The van der Waals surface area contributed by atoms with E-state index in [4.69, 9.17) is 0 Å². The van der Waals surface area contributed by atoms with Crippen LogP contribution in [0.25, 0.3) is 0 Å². The third kappa shape index (κ3) is 4.87. The average molecular weight is 303 g/mol. The second-order valence-corrected chi connectivity index (χ2v) is 6.55. The Hall–Kier alpha value is -1.32. The van der Waals surface area contributed by atoms with Gasteiger partial charge in [-0.1, -0.05) is 44.7 Å². The van der Waals surface area contributed by atoms with Gasteiger partial charge >= 0.3 is 0 Å². The number of nitrogens with one attached hydrogen (secondary N) is 1. The largest absolute Gasteiger partial charge is 0.313 e. The van der Waals surface area contributed by atoms with Gasteiger partial charge in [0.05, 0.1) is 0 Å². The molecule has 112 valence electrons. The fraction of sp³-hybridized carbons (Fsp3) is 0.333. The van der Waals surface area contributed by atoms with Gasteiger partial charge in [0.2, 0.25) is 0 Å². The standard InChI is InChI=1S/C18H22FNS/c1-4-20-12-14-9-16(19)11-18(10-14)21-17-7-5-15(6-8-17)13(2)3/h5-11,13,20H,4,12H2,1-3H3. The summed E-state index contributed by atoms with van der Waals surface area (Å²) in [5.74, 6) is 0.358. The van der Waals surface area contributed by atoms with Gasteiger partial charge in [-0.2, -0.15) is 0 Å². The minimum Gasteiger partial charge on any atom is -0.313 e. The van der Waals surface area contributed by atoms with Crippen LogP contribution in [-0.2, 0) is 6.54 Å². The smallest absolute Gasteiger partial charge is 0.124 e. The van der Waals surface area contributed by atoms with Gasteiger partial charge in [0.1, 0.15) is 5.82 Å². The highest BCUT2D eigenvalue weighted by atomic mass is 32.2. The third-order valence-electron chi connectivity index (χ3n) is 3.29. The Bertz CT molecular complexity index is 578. The normalized spacial score (nSPS) is 11.1. The van der Waals surface area contributed by atoms with Crippen LogP contribution in [0, 0.1) is 5.82 Å². The first-order chi connectivity index (χ1) is 10.1. The van der Waals surface area contributed by atoms with Gasteiger partial charge in [0.25, 0.3) is 0 Å². The van der Waals surface area contributed by atoms with E-state index in [9.17, 15) is 4.39 Å². The van der Waals surface area contributed by atoms with Crippen LogP contribution < -0.4 is 5.32 Å². The van der Waals surface area contributed by atoms with Crippen molar-refractivity contribution in [3.05, 3.63) is 59.4 Å². The molecular formula is C18H22FNS. The molecule has 1 N–H and O–H groups in total. The van der Waals surface area contributed by atoms with Crippen LogP contribution in [0.2, 0.25) is 0 Å². The summed E-state index contributed by atoms with van der Waals surface area (Å²) in [6.45, 7) is 8.00. The molecule has 2 aromatic rings. The summed E-state index contributed by atoms with van der Waals surface area (Å²) in [4.78, 5) is 2.08. The van der Waals surface area contributed by atoms with Crippen molar-refractivity contribution in [2.24, 2.45) is 0 Å². The molecular weight excluding hydrogens is 281 g/mol. The quantitative estimate of drug-likeness (QED) is 0.786. The second kappa shape index (κ2) is 7.62. The fourth-order valence-corrected chi connectivity index (χ4v) is 3.03. The van der Waals surface area contributed by atoms with Gasteiger partial charge in [0, 0.05) is 16.3 Å². The lowest BCUT2D eigenvalue weighted by Crippen LogP contribution is -2.11. The Labute approximate surface area is 131 Å². The van der Waals surface area contributed by atoms with E-state index >= 15 is 0 Å². The van der Waals surface area contributed by atoms with Crippen molar-refractivity contribution >= 4 is 11.8 Å². The molecule has 0 aliphatic carbocycles. The molecule has 0 fully saturated rings. The van der Waals surface area contributed by atoms with Crippen molar-refractivity contribution in [1.82, 2.24) is 5.32 Å². The van der Waals surface area contributed by atoms with E-state index < -0.39 is 0 Å². The average Bonchev–Trinajstić information content (AvgIpc) is 2.45. The van der Waals surface area contributed by atoms with Crippen molar-refractivity contribution in [2.75, 3.05) is 6.54 Å². The van der Waals surface area contributed by atoms with Gasteiger partial charge < -0.3 is 5.32 Å². The van der Waals surface area contributed by atoms with Crippen LogP contribution in [-0.4, -0.2) is 6.54 Å². The van der Waals surface area contributed by atoms with Gasteiger partial charge in [-0.15, -0.1) is 0 Å². The number of hydrogen-bond acceptors (Lipinski definition) is 2. The van der Waals surface area contributed by atoms with E-state index in [2.05, 4.69) is 43.4 Å². The number of benzene rings is 2. The molecule has 0 aromatic heterocycles. The molecule has 2 aromatic carbocycles. The maximum atomic E-state index is 13.7. The zero-order valence-corrected chi connectivity index (χ0v) is 13.6. The number of hydrogen-bond donors (Lipinski definition) is 1. The van der Waals surface area contributed by atoms with Gasteiger partial charge in [-0.3, -0.25) is 0 Å². The minimum atomic E-state index is -0.174. The Morgan fingerprint density at radius 3 is 2.38 bits per heavy atom. The second-order valence-electron chi connectivity index (χ2n) is 5.40. The van der Waals surface area contributed by atoms with Crippen LogP contribution in [0.5, 0.6) is 0 Å². The van der Waals surface area contributed by atoms with Crippen LogP contribution in [0.4, 0.5) is 4.39 Å². The summed E-state index contributed by atoms with van der Waals surface area (Å²) in [6, 6.07) is 13.7. The first-order valence-corrected chi connectivity index (χ1v) is 8.18. The van der Waals surface area contributed by atoms with Crippen LogP contribution in [0.3, 0.4) is 0 Å². The summed E-state index contributed by atoms with van der Waals surface area (Å²) in [6.07, 6.45) is 0. The lowest BCUT2D eigenvalue weighted by Gasteiger charge is -2.08. The molecule has 0 amide bonds. The Kier molecular flexibility index (Phi) is 5.83. The summed E-state index contributed by atoms with van der Waals surface area (Å²) in [7, 11) is 0. The monoisotopic (exact) mass is 303 g/mol. The Balaban J connectivity index is 2.12. The van der Waals surface area contributed by atoms with E-state index in [1.54, 1.807) is 23.9 Å². The van der Waals surface area contributed by atoms with Crippen molar-refractivity contribution in [2.45, 2.75) is 43.0 Å². The zero-order valence-electron chi connectivity index (χ0n) is 12.8. The van der Waals surface area contributed by atoms with E-state index in [-0.39, 0.29) is 5.82 Å². The molecule has 0 radical (unpaired) electrons. The molecule has 0 unspecified atom stereocenters. The molecule has 0 saturated heterocycles. The van der Waals surface area contributed by atoms with E-state index in [0.717, 1.165) is 21.9 Å². The molecule has 1 nitrogen and oxygen atoms in total. The maximum Gasteiger partial charge on any atom is 0.124 e. The van der Waals surface area contributed by atoms with E-state index in [1.807, 2.05) is 13.0 Å². The third-order valence-corrected chi connectivity index (χ3v) is 4.27. The van der Waals surface area contributed by atoms with Crippen molar-refractivity contribution in [3.8, 4) is 0 Å². The van der Waals surface area contributed by atoms with E-state index in [0.29, 0.717) is 12.5 Å². The lowest BCUT2D eigenvalue weighted by atomic mass is 10.0. The Morgan fingerprint density at radius 1 is 1.05 bits per heavy atom. The van der Waals surface area contributed by atoms with Crippen molar-refractivity contribution in [3.63, 3.8) is 0 Å². The van der Waals surface area contributed by atoms with E-state index in [1.165, 1.54) is 5.56 Å². The molecule has 21 heavy (non-hydrogen) atoms. The van der Waals surface area contributed by atoms with Crippen molar-refractivity contribution in [1.29, 1.82) is 0 Å². The predicted octanol–water partition coefficient (Wildman–Crippen LogP) is 5.21. The predicted molar refractivity (Wildman–Crippen MR) is 88.4 cm³/mol. The van der Waals surface area contributed by atoms with Crippen LogP contribution >= 0.6 is 11.8 Å². The Morgan fingerprint density at radius 2 is 1.76 bits per heavy atom. The summed E-state index contributed by atoms with van der Waals surface area (Å²) < 4.78 is 13.7. The van der Waals surface area contributed by atoms with Crippen LogP contribution in [0.15, 0.2) is 52.3 Å². The maximum absolute atomic E-state index is 13.7. The molecule has 0 saturated carbocycles. The molecule has 0 atom stereocenters. The molecule has 0 bridgehead atoms. The summed E-state index contributed by atoms with van der Waals surface area (Å²) in [5, 5.41) is 3.23. The fourth-order valence-electron chi connectivity index (χ4n) is 2.11. The molecule has 0 heterocycles. The summed E-state index contributed by atoms with van der Waals surface area (Å²) in [5.41, 5.74) is 2.31. The molecule has 3 heteroatoms. The zero-order chi connectivity index (χ0) is 15.2. The van der Waals surface area contributed by atoms with Gasteiger partial charge in [-0.25, -0.2) is 4.39 Å². The van der Waals surface area contributed by atoms with Gasteiger partial charge in [0.15, 0.2) is 0 Å². The minimum absolute atomic E-state index is 0.174. The highest BCUT2D eigenvalue weighted by Crippen LogP contribution is 2.30. The van der Waals surface area contributed by atoms with Crippen LogP contribution in [0.1, 0.15) is 37.8 Å².